The van der Waals surface area contributed by atoms with Crippen LogP contribution in [0.15, 0.2) is 84.9 Å². The van der Waals surface area contributed by atoms with Gasteiger partial charge in [-0.05, 0) is 70.4 Å². The molecule has 0 spiro atoms. The van der Waals surface area contributed by atoms with Gasteiger partial charge in [0.15, 0.2) is 0 Å². The van der Waals surface area contributed by atoms with E-state index >= 15 is 0 Å². The number of nitriles is 1. The van der Waals surface area contributed by atoms with Crippen molar-refractivity contribution < 1.29 is 33.8 Å². The summed E-state index contributed by atoms with van der Waals surface area (Å²) in [6.07, 6.45) is -0.737. The largest absolute Gasteiger partial charge is 0.508 e. The molecule has 254 valence electrons. The third-order valence-corrected chi connectivity index (χ3v) is 6.86. The number of rotatable bonds is 12. The molecule has 0 aliphatic carbocycles. The number of hydrogen-bond acceptors (Lipinski definition) is 8. The Morgan fingerprint density at radius 2 is 1.25 bits per heavy atom. The Labute approximate surface area is 281 Å². The number of phenols is 1. The Hall–Kier alpha value is -5.37. The highest BCUT2D eigenvalue weighted by atomic mass is 16.6. The summed E-state index contributed by atoms with van der Waals surface area (Å²) in [5.41, 5.74) is 0.00745. The second kappa shape index (κ2) is 16.5. The van der Waals surface area contributed by atoms with Crippen molar-refractivity contribution in [2.24, 2.45) is 0 Å². The van der Waals surface area contributed by atoms with Crippen molar-refractivity contribution in [2.75, 3.05) is 6.54 Å². The fourth-order valence-corrected chi connectivity index (χ4v) is 4.87. The molecular weight excluding hydrogens is 612 g/mol. The van der Waals surface area contributed by atoms with Crippen LogP contribution in [0.3, 0.4) is 0 Å². The van der Waals surface area contributed by atoms with Crippen LogP contribution in [0.4, 0.5) is 4.79 Å². The summed E-state index contributed by atoms with van der Waals surface area (Å²) in [5, 5.41) is 25.3. The molecule has 48 heavy (non-hydrogen) atoms. The summed E-state index contributed by atoms with van der Waals surface area (Å²) < 4.78 is 11.1. The normalized spacial score (nSPS) is 13.2. The Balaban J connectivity index is 2.07. The van der Waals surface area contributed by atoms with Crippen molar-refractivity contribution in [1.29, 1.82) is 5.26 Å². The smallest absolute Gasteiger partial charge is 0.408 e. The van der Waals surface area contributed by atoms with Gasteiger partial charge in [0.25, 0.3) is 0 Å². The number of carbonyl (C=O) groups is 4. The minimum absolute atomic E-state index is 0.0271. The monoisotopic (exact) mass is 656 g/mol. The van der Waals surface area contributed by atoms with Gasteiger partial charge < -0.3 is 30.1 Å². The van der Waals surface area contributed by atoms with E-state index in [0.29, 0.717) is 5.56 Å². The lowest BCUT2D eigenvalue weighted by Crippen LogP contribution is -2.55. The van der Waals surface area contributed by atoms with Crippen LogP contribution in [0.2, 0.25) is 0 Å². The van der Waals surface area contributed by atoms with Crippen LogP contribution in [-0.2, 0) is 36.7 Å². The fraction of sp³-hybridized carbons (Fsp3) is 0.378. The molecule has 11 nitrogen and oxygen atoms in total. The van der Waals surface area contributed by atoms with Crippen LogP contribution in [0.5, 0.6) is 5.75 Å². The molecule has 0 aromatic heterocycles. The SMILES string of the molecule is CC(C)(C)OC(=O)NC(Cc1ccccc1)C(=O)N(CC#N)C(C(=O)NC(Cc1ccccc1)C(=O)OC(C)(C)C)c1ccc(O)cc1. The van der Waals surface area contributed by atoms with Gasteiger partial charge in [-0.25, -0.2) is 9.59 Å². The first-order valence-electron chi connectivity index (χ1n) is 15.6. The quantitative estimate of drug-likeness (QED) is 0.182. The summed E-state index contributed by atoms with van der Waals surface area (Å²) in [5.74, 6) is -2.28. The third kappa shape index (κ3) is 11.8. The second-order valence-electron chi connectivity index (χ2n) is 13.3. The van der Waals surface area contributed by atoms with Gasteiger partial charge in [-0.15, -0.1) is 0 Å². The van der Waals surface area contributed by atoms with Crippen LogP contribution in [0, 0.1) is 11.3 Å². The minimum atomic E-state index is -1.45. The molecule has 0 saturated heterocycles. The number of benzene rings is 3. The van der Waals surface area contributed by atoms with Crippen LogP contribution in [0.25, 0.3) is 0 Å². The highest BCUT2D eigenvalue weighted by Gasteiger charge is 2.38. The summed E-state index contributed by atoms with van der Waals surface area (Å²) in [7, 11) is 0. The van der Waals surface area contributed by atoms with Crippen LogP contribution < -0.4 is 10.6 Å². The first-order chi connectivity index (χ1) is 22.6. The van der Waals surface area contributed by atoms with Gasteiger partial charge in [0.05, 0.1) is 6.07 Å². The van der Waals surface area contributed by atoms with Crippen molar-refractivity contribution in [3.05, 3.63) is 102 Å². The molecule has 3 unspecified atom stereocenters. The van der Waals surface area contributed by atoms with Gasteiger partial charge in [0, 0.05) is 12.8 Å². The average Bonchev–Trinajstić information content (AvgIpc) is 3.00. The lowest BCUT2D eigenvalue weighted by Gasteiger charge is -2.34. The summed E-state index contributed by atoms with van der Waals surface area (Å²) in [4.78, 5) is 56.1. The van der Waals surface area contributed by atoms with Crippen molar-refractivity contribution >= 4 is 23.9 Å². The van der Waals surface area contributed by atoms with Gasteiger partial charge in [0.2, 0.25) is 11.8 Å². The van der Waals surface area contributed by atoms with E-state index in [9.17, 15) is 29.5 Å². The maximum Gasteiger partial charge on any atom is 0.408 e. The molecule has 0 aliphatic heterocycles. The predicted octanol–water partition coefficient (Wildman–Crippen LogP) is 4.99. The van der Waals surface area contributed by atoms with Crippen molar-refractivity contribution in [1.82, 2.24) is 15.5 Å². The Kier molecular flexibility index (Phi) is 12.7. The highest BCUT2D eigenvalue weighted by Crippen LogP contribution is 2.26. The van der Waals surface area contributed by atoms with E-state index in [1.165, 1.54) is 24.3 Å². The Morgan fingerprint density at radius 3 is 1.73 bits per heavy atom. The summed E-state index contributed by atoms with van der Waals surface area (Å²) >= 11 is 0. The predicted molar refractivity (Wildman–Crippen MR) is 179 cm³/mol. The number of esters is 1. The molecule has 3 aromatic carbocycles. The lowest BCUT2D eigenvalue weighted by molar-refractivity contribution is -0.159. The van der Waals surface area contributed by atoms with E-state index in [2.05, 4.69) is 10.6 Å². The number of aromatic hydroxyl groups is 1. The molecule has 3 atom stereocenters. The Bertz CT molecular complexity index is 1570. The molecule has 0 aliphatic rings. The molecule has 0 bridgehead atoms. The number of nitrogens with zero attached hydrogens (tertiary/aromatic N) is 2. The molecule has 0 heterocycles. The number of ether oxygens (including phenoxy) is 2. The molecule has 0 radical (unpaired) electrons. The Morgan fingerprint density at radius 1 is 0.750 bits per heavy atom. The van der Waals surface area contributed by atoms with Crippen LogP contribution >= 0.6 is 0 Å². The van der Waals surface area contributed by atoms with Gasteiger partial charge in [-0.1, -0.05) is 72.8 Å². The van der Waals surface area contributed by atoms with E-state index in [4.69, 9.17) is 9.47 Å². The second-order valence-corrected chi connectivity index (χ2v) is 13.3. The van der Waals surface area contributed by atoms with E-state index in [1.807, 2.05) is 30.3 Å². The van der Waals surface area contributed by atoms with Crippen molar-refractivity contribution in [3.8, 4) is 11.8 Å². The van der Waals surface area contributed by atoms with E-state index in [0.717, 1.165) is 10.5 Å². The first kappa shape index (κ1) is 37.1. The summed E-state index contributed by atoms with van der Waals surface area (Å²) in [6.45, 7) is 9.64. The zero-order valence-corrected chi connectivity index (χ0v) is 28.2. The van der Waals surface area contributed by atoms with Crippen LogP contribution in [-0.4, -0.2) is 63.7 Å². The molecule has 0 saturated carbocycles. The standard InChI is InChI=1S/C37H44N4O7/c1-36(2,3)47-34(45)30(24-26-15-11-8-12-16-26)39-32(43)31(27-17-19-28(42)20-18-27)41(22-21-38)33(44)29(23-25-13-9-7-10-14-25)40-35(46)48-37(4,5)6/h7-20,29-31,42H,22-24H2,1-6H3,(H,39,43)(H,40,46). The molecule has 3 aromatic rings. The number of alkyl carbamates (subject to hydrolysis) is 1. The number of phenolic OH excluding ortho intramolecular Hbond substituents is 1. The molecule has 3 amide bonds. The fourth-order valence-electron chi connectivity index (χ4n) is 4.87. The number of carbonyl (C=O) groups excluding carboxylic acids is 4. The van der Waals surface area contributed by atoms with E-state index < -0.39 is 59.7 Å². The van der Waals surface area contributed by atoms with Gasteiger partial charge >= 0.3 is 12.1 Å². The molecule has 3 N–H and O–H groups in total. The molecule has 11 heteroatoms. The lowest BCUT2D eigenvalue weighted by atomic mass is 9.99. The molecular formula is C37H44N4O7. The van der Waals surface area contributed by atoms with E-state index in [1.54, 1.807) is 77.9 Å². The van der Waals surface area contributed by atoms with E-state index in [-0.39, 0.29) is 24.2 Å². The van der Waals surface area contributed by atoms with Gasteiger partial charge in [-0.2, -0.15) is 5.26 Å². The minimum Gasteiger partial charge on any atom is -0.508 e. The highest BCUT2D eigenvalue weighted by molar-refractivity contribution is 5.94. The molecule has 0 fully saturated rings. The van der Waals surface area contributed by atoms with Gasteiger partial charge in [0.1, 0.15) is 41.6 Å². The topological polar surface area (TPSA) is 158 Å². The van der Waals surface area contributed by atoms with Crippen LogP contribution in [0.1, 0.15) is 64.3 Å². The van der Waals surface area contributed by atoms with Crippen molar-refractivity contribution in [3.63, 3.8) is 0 Å². The zero-order valence-electron chi connectivity index (χ0n) is 28.2. The number of amides is 3. The zero-order chi connectivity index (χ0) is 35.5. The number of nitrogens with one attached hydrogen (secondary N) is 2. The van der Waals surface area contributed by atoms with Crippen molar-refractivity contribution in [2.45, 2.75) is 83.7 Å². The maximum absolute atomic E-state index is 14.4. The summed E-state index contributed by atoms with van der Waals surface area (Å²) in [6, 6.07) is 21.7. The number of hydrogen-bond donors (Lipinski definition) is 3. The maximum atomic E-state index is 14.4. The first-order valence-corrected chi connectivity index (χ1v) is 15.6. The average molecular weight is 657 g/mol. The molecule has 3 rings (SSSR count). The third-order valence-electron chi connectivity index (χ3n) is 6.86. The van der Waals surface area contributed by atoms with Gasteiger partial charge in [-0.3, -0.25) is 9.59 Å².